The number of hydrogen-bond donors (Lipinski definition) is 8. The van der Waals surface area contributed by atoms with Crippen molar-refractivity contribution in [3.8, 4) is 0 Å². The summed E-state index contributed by atoms with van der Waals surface area (Å²) in [6, 6.07) is -0.495. The molecule has 90 heavy (non-hydrogen) atoms. The van der Waals surface area contributed by atoms with Gasteiger partial charge in [-0.15, -0.1) is 0 Å². The molecule has 16 atom stereocenters. The molecule has 20 heteroatoms. The van der Waals surface area contributed by atoms with Crippen LogP contribution >= 0.6 is 0 Å². The smallest absolute Gasteiger partial charge is 0.244 e. The SMILES string of the molecule is CCCCCCC1CC(=O)CCCC(O)CC(=O)C2=C(O)C(OC3CC(OC)C(O)C(C)O3)CC2/C=C(C)/C=C/C=C/C(=O)N1.CCCCCCC1CC(=O)CCCC(O)CC(=O)C2=C(O)C(OC3CC(OC)C(O)C(C)O3)CC2/C=C(C)/C=C/C=C/C(=O)N1. The lowest BCUT2D eigenvalue weighted by Gasteiger charge is -2.37. The third-order valence-corrected chi connectivity index (χ3v) is 17.6. The zero-order chi connectivity index (χ0) is 65.9. The number of unbranched alkanes of at least 4 members (excludes halogenated alkanes) is 6. The lowest BCUT2D eigenvalue weighted by Crippen LogP contribution is -2.49. The van der Waals surface area contributed by atoms with E-state index in [1.54, 1.807) is 38.2 Å². The fourth-order valence-electron chi connectivity index (χ4n) is 12.6. The van der Waals surface area contributed by atoms with Crippen molar-refractivity contribution in [3.05, 3.63) is 94.6 Å². The summed E-state index contributed by atoms with van der Waals surface area (Å²) in [5.41, 5.74) is 2.00. The summed E-state index contributed by atoms with van der Waals surface area (Å²) >= 11 is 0. The first-order chi connectivity index (χ1) is 43.0. The Balaban J connectivity index is 0.000000327. The van der Waals surface area contributed by atoms with E-state index in [1.165, 1.54) is 26.4 Å². The van der Waals surface area contributed by atoms with Gasteiger partial charge in [-0.1, -0.05) is 125 Å². The molecule has 20 nitrogen and oxygen atoms in total. The van der Waals surface area contributed by atoms with E-state index in [0.717, 1.165) is 75.4 Å². The van der Waals surface area contributed by atoms with Crippen LogP contribution in [0, 0.1) is 11.8 Å². The van der Waals surface area contributed by atoms with Gasteiger partial charge >= 0.3 is 0 Å². The predicted molar refractivity (Wildman–Crippen MR) is 340 cm³/mol. The third-order valence-electron chi connectivity index (χ3n) is 17.6. The molecule has 0 saturated carbocycles. The maximum atomic E-state index is 13.5. The van der Waals surface area contributed by atoms with Crippen LogP contribution in [0.4, 0.5) is 0 Å². The van der Waals surface area contributed by atoms with Crippen molar-refractivity contribution >= 4 is 34.9 Å². The van der Waals surface area contributed by atoms with Gasteiger partial charge < -0.3 is 69.7 Å². The number of aliphatic hydroxyl groups excluding tert-OH is 6. The molecule has 504 valence electrons. The second-order valence-electron chi connectivity index (χ2n) is 25.3. The van der Waals surface area contributed by atoms with E-state index < -0.39 is 85.5 Å². The highest BCUT2D eigenvalue weighted by molar-refractivity contribution is 5.98. The number of carbonyl (C=O) groups excluding carboxylic acids is 6. The molecule has 16 unspecified atom stereocenters. The molecule has 0 bridgehead atoms. The number of ketones is 4. The molecule has 0 spiro atoms. The molecule has 8 N–H and O–H groups in total. The van der Waals surface area contributed by atoms with Gasteiger partial charge in [0.1, 0.15) is 47.5 Å². The van der Waals surface area contributed by atoms with Crippen LogP contribution in [0.3, 0.4) is 0 Å². The van der Waals surface area contributed by atoms with Gasteiger partial charge in [-0.3, -0.25) is 28.8 Å². The van der Waals surface area contributed by atoms with Gasteiger partial charge in [0.2, 0.25) is 11.8 Å². The van der Waals surface area contributed by atoms with Gasteiger partial charge in [0.25, 0.3) is 0 Å². The minimum absolute atomic E-state index is 0.00890. The molecule has 0 aromatic heterocycles. The minimum atomic E-state index is -0.974. The fourth-order valence-corrected chi connectivity index (χ4v) is 12.6. The number of nitrogens with one attached hydrogen (secondary N) is 2. The van der Waals surface area contributed by atoms with Crippen LogP contribution in [-0.4, -0.2) is 166 Å². The van der Waals surface area contributed by atoms with Crippen LogP contribution in [-0.2, 0) is 57.2 Å². The number of carbonyl (C=O) groups is 6. The van der Waals surface area contributed by atoms with E-state index in [1.807, 2.05) is 38.2 Å². The Bertz CT molecular complexity index is 2430. The molecule has 0 aromatic rings. The van der Waals surface area contributed by atoms with Crippen molar-refractivity contribution in [1.82, 2.24) is 10.6 Å². The summed E-state index contributed by atoms with van der Waals surface area (Å²) in [5.74, 6) is -2.60. The molecule has 0 aromatic carbocycles. The number of aliphatic hydroxyl groups is 6. The maximum Gasteiger partial charge on any atom is 0.244 e. The zero-order valence-corrected chi connectivity index (χ0v) is 54.6. The summed E-state index contributed by atoms with van der Waals surface area (Å²) in [7, 11) is 3.01. The number of ether oxygens (including phenoxy) is 6. The fraction of sp³-hybridized carbons (Fsp3) is 0.686. The molecule has 6 rings (SSSR count). The molecule has 2 saturated heterocycles. The van der Waals surface area contributed by atoms with E-state index in [0.29, 0.717) is 12.8 Å². The molecular weight excluding hydrogens is 1160 g/mol. The average Bonchev–Trinajstić information content (AvgIpc) is 2.25. The molecule has 4 heterocycles. The quantitative estimate of drug-likeness (QED) is 0.0667. The average molecular weight is 1260 g/mol. The molecule has 2 aliphatic carbocycles. The first-order valence-corrected chi connectivity index (χ1v) is 33.1. The van der Waals surface area contributed by atoms with E-state index in [2.05, 4.69) is 24.5 Å². The molecule has 2 amide bonds. The monoisotopic (exact) mass is 1260 g/mol. The maximum absolute atomic E-state index is 13.5. The highest BCUT2D eigenvalue weighted by atomic mass is 16.7. The second-order valence-corrected chi connectivity index (χ2v) is 25.3. The van der Waals surface area contributed by atoms with Crippen molar-refractivity contribution in [2.45, 2.75) is 281 Å². The highest BCUT2D eigenvalue weighted by Gasteiger charge is 2.44. The lowest BCUT2D eigenvalue weighted by atomic mass is 9.92. The van der Waals surface area contributed by atoms with Crippen LogP contribution < -0.4 is 10.6 Å². The van der Waals surface area contributed by atoms with Crippen LogP contribution in [0.1, 0.15) is 196 Å². The summed E-state index contributed by atoms with van der Waals surface area (Å²) in [5, 5.41) is 70.5. The van der Waals surface area contributed by atoms with Crippen molar-refractivity contribution in [2.75, 3.05) is 14.2 Å². The number of fused-ring (bicyclic) bond motifs is 2. The summed E-state index contributed by atoms with van der Waals surface area (Å²) in [4.78, 5) is 77.8. The van der Waals surface area contributed by atoms with Crippen LogP contribution in [0.2, 0.25) is 0 Å². The number of methoxy groups -OCH3 is 2. The second kappa shape index (κ2) is 39.3. The number of amides is 2. The molecule has 6 aliphatic rings. The Hall–Kier alpha value is -5.26. The minimum Gasteiger partial charge on any atom is -0.509 e. The normalized spacial score (nSPS) is 35.4. The topological polar surface area (TPSA) is 303 Å². The van der Waals surface area contributed by atoms with Crippen LogP contribution in [0.25, 0.3) is 0 Å². The van der Waals surface area contributed by atoms with E-state index in [-0.39, 0.29) is 147 Å². The molecule has 4 aliphatic heterocycles. The lowest BCUT2D eigenvalue weighted by molar-refractivity contribution is -0.261. The molecule has 0 radical (unpaired) electrons. The number of allylic oxidation sites excluding steroid dienone is 12. The highest BCUT2D eigenvalue weighted by Crippen LogP contribution is 2.40. The summed E-state index contributed by atoms with van der Waals surface area (Å²) in [6.07, 6.45) is 21.0. The summed E-state index contributed by atoms with van der Waals surface area (Å²) < 4.78 is 34.6. The predicted octanol–water partition coefficient (Wildman–Crippen LogP) is 9.38. The largest absolute Gasteiger partial charge is 0.509 e. The van der Waals surface area contributed by atoms with Crippen molar-refractivity contribution in [1.29, 1.82) is 0 Å². The number of rotatable bonds is 16. The Labute approximate surface area is 533 Å². The van der Waals surface area contributed by atoms with Gasteiger partial charge in [-0.05, 0) is 79.1 Å². The number of Topliss-reactive ketones (excluding diaryl/α,β-unsaturated/α-hetero) is 4. The van der Waals surface area contributed by atoms with Gasteiger partial charge in [0, 0.05) is 113 Å². The standard InChI is InChI=1S/2C35H53NO9/c2*1-5-6-7-8-13-25-19-26(37)14-11-15-27(38)20-28(39)33-24(17-22(2)12-9-10-16-31(40)36-25)18-30(35(33)42)45-32-21-29(43-4)34(41)23(3)44-32/h2*9-10,12,16-17,23-25,27,29-30,32,34,38,41-42H,5-8,11,13-15,18-21H2,1-4H3,(H,36,40)/b2*12-9+,16-10+,22-17+. The van der Waals surface area contributed by atoms with E-state index in [9.17, 15) is 59.4 Å². The van der Waals surface area contributed by atoms with Crippen LogP contribution in [0.5, 0.6) is 0 Å². The Kier molecular flexibility index (Phi) is 33.0. The van der Waals surface area contributed by atoms with Gasteiger partial charge in [0.15, 0.2) is 24.1 Å². The first kappa shape index (κ1) is 75.5. The summed E-state index contributed by atoms with van der Waals surface area (Å²) in [6.45, 7) is 11.4. The third kappa shape index (κ3) is 25.0. The van der Waals surface area contributed by atoms with Gasteiger partial charge in [0.05, 0.1) is 36.6 Å². The number of hydrogen-bond acceptors (Lipinski definition) is 18. The first-order valence-electron chi connectivity index (χ1n) is 33.1. The van der Waals surface area contributed by atoms with Gasteiger partial charge in [-0.25, -0.2) is 0 Å². The van der Waals surface area contributed by atoms with E-state index in [4.69, 9.17) is 28.4 Å². The Morgan fingerprint density at radius 3 is 1.27 bits per heavy atom. The van der Waals surface area contributed by atoms with Crippen LogP contribution in [0.15, 0.2) is 94.6 Å². The Morgan fingerprint density at radius 1 is 0.522 bits per heavy atom. The van der Waals surface area contributed by atoms with Gasteiger partial charge in [-0.2, -0.15) is 0 Å². The zero-order valence-electron chi connectivity index (χ0n) is 54.6. The van der Waals surface area contributed by atoms with Crippen molar-refractivity contribution in [2.24, 2.45) is 11.8 Å². The molecular formula is C70H106N2O18. The van der Waals surface area contributed by atoms with Crippen molar-refractivity contribution in [3.63, 3.8) is 0 Å². The van der Waals surface area contributed by atoms with E-state index >= 15 is 0 Å². The van der Waals surface area contributed by atoms with Crippen molar-refractivity contribution < 1.29 is 87.8 Å². The molecule has 2 fully saturated rings. The Morgan fingerprint density at radius 2 is 0.900 bits per heavy atom.